The maximum absolute atomic E-state index is 13.0. The fourth-order valence-corrected chi connectivity index (χ4v) is 4.85. The van der Waals surface area contributed by atoms with Crippen molar-refractivity contribution in [2.75, 3.05) is 6.54 Å². The van der Waals surface area contributed by atoms with Crippen LogP contribution in [0.3, 0.4) is 0 Å². The van der Waals surface area contributed by atoms with Gasteiger partial charge in [-0.2, -0.15) is 0 Å². The van der Waals surface area contributed by atoms with Crippen molar-refractivity contribution >= 4 is 34.1 Å². The molecule has 0 spiro atoms. The Hall–Kier alpha value is -2.66. The minimum Gasteiger partial charge on any atom is -0.356 e. The van der Waals surface area contributed by atoms with Gasteiger partial charge in [-0.15, -0.1) is 0 Å². The van der Waals surface area contributed by atoms with E-state index in [1.807, 2.05) is 31.2 Å². The van der Waals surface area contributed by atoms with Crippen molar-refractivity contribution in [3.8, 4) is 0 Å². The number of thiocarbonyl (C=S) groups is 1. The molecule has 0 saturated carbocycles. The monoisotopic (exact) mass is 361 g/mol. The highest BCUT2D eigenvalue weighted by Gasteiger charge is 2.49. The molecule has 2 aliphatic heterocycles. The molecule has 3 heterocycles. The number of hydrogen-bond acceptors (Lipinski definition) is 2. The zero-order valence-electron chi connectivity index (χ0n) is 14.5. The third-order valence-corrected chi connectivity index (χ3v) is 6.00. The molecule has 130 valence electrons. The van der Waals surface area contributed by atoms with Crippen LogP contribution in [0.4, 0.5) is 0 Å². The fraction of sp³-hybridized carbons (Fsp3) is 0.238. The van der Waals surface area contributed by atoms with Crippen LogP contribution in [0, 0.1) is 0 Å². The number of likely N-dealkylation sites (N-methyl/N-ethyl adjacent to an activating group) is 1. The number of carbonyl (C=O) groups is 1. The van der Waals surface area contributed by atoms with Crippen LogP contribution in [-0.2, 0) is 11.2 Å². The maximum Gasteiger partial charge on any atom is 0.251 e. The van der Waals surface area contributed by atoms with Crippen LogP contribution < -0.4 is 0 Å². The second kappa shape index (κ2) is 5.68. The van der Waals surface area contributed by atoms with Crippen LogP contribution in [0.25, 0.3) is 10.9 Å². The molecule has 3 aromatic rings. The Balaban J connectivity index is 1.76. The Kier molecular flexibility index (Phi) is 3.40. The van der Waals surface area contributed by atoms with Gasteiger partial charge in [-0.05, 0) is 36.3 Å². The van der Waals surface area contributed by atoms with E-state index in [1.165, 1.54) is 10.9 Å². The third kappa shape index (κ3) is 2.01. The Morgan fingerprint density at radius 1 is 1.12 bits per heavy atom. The Bertz CT molecular complexity index is 1030. The average molecular weight is 361 g/mol. The lowest BCUT2D eigenvalue weighted by molar-refractivity contribution is -0.128. The van der Waals surface area contributed by atoms with E-state index >= 15 is 0 Å². The molecule has 4 nitrogen and oxygen atoms in total. The fourth-order valence-electron chi connectivity index (χ4n) is 4.40. The minimum atomic E-state index is -0.223. The van der Waals surface area contributed by atoms with Gasteiger partial charge in [-0.3, -0.25) is 9.69 Å². The molecule has 1 amide bonds. The van der Waals surface area contributed by atoms with Gasteiger partial charge in [0.2, 0.25) is 0 Å². The molecule has 2 atom stereocenters. The number of para-hydroxylation sites is 1. The highest BCUT2D eigenvalue weighted by molar-refractivity contribution is 7.80. The lowest BCUT2D eigenvalue weighted by Crippen LogP contribution is -2.44. The number of aromatic nitrogens is 1. The smallest absolute Gasteiger partial charge is 0.251 e. The van der Waals surface area contributed by atoms with Crippen LogP contribution in [0.15, 0.2) is 54.6 Å². The van der Waals surface area contributed by atoms with Gasteiger partial charge < -0.3 is 9.88 Å². The van der Waals surface area contributed by atoms with Crippen LogP contribution in [0.5, 0.6) is 0 Å². The number of carbonyl (C=O) groups excluding carboxylic acids is 1. The molecule has 5 heteroatoms. The summed E-state index contributed by atoms with van der Waals surface area (Å²) in [6.07, 6.45) is 0.693. The van der Waals surface area contributed by atoms with Crippen molar-refractivity contribution < 1.29 is 4.79 Å². The van der Waals surface area contributed by atoms with E-state index in [2.05, 4.69) is 40.2 Å². The van der Waals surface area contributed by atoms with E-state index in [1.54, 1.807) is 4.90 Å². The van der Waals surface area contributed by atoms with E-state index in [0.29, 0.717) is 18.1 Å². The molecule has 1 saturated heterocycles. The van der Waals surface area contributed by atoms with Crippen molar-refractivity contribution in [2.24, 2.45) is 0 Å². The van der Waals surface area contributed by atoms with Crippen molar-refractivity contribution in [1.82, 2.24) is 14.8 Å². The highest BCUT2D eigenvalue weighted by atomic mass is 32.1. The van der Waals surface area contributed by atoms with Gasteiger partial charge in [-0.25, -0.2) is 0 Å². The lowest BCUT2D eigenvalue weighted by Gasteiger charge is -2.37. The molecule has 5 rings (SSSR count). The summed E-state index contributed by atoms with van der Waals surface area (Å²) in [5.74, 6) is 0.120. The van der Waals surface area contributed by atoms with Gasteiger partial charge >= 0.3 is 0 Å². The topological polar surface area (TPSA) is 39.3 Å². The van der Waals surface area contributed by atoms with Crippen molar-refractivity contribution in [3.63, 3.8) is 0 Å². The van der Waals surface area contributed by atoms with Crippen LogP contribution in [0.2, 0.25) is 0 Å². The number of nitrogens with zero attached hydrogens (tertiary/aromatic N) is 2. The second-order valence-electron chi connectivity index (χ2n) is 6.87. The standard InChI is InChI=1S/C21H19N3OS/c1-2-23-20(25)17-12-15-14-10-6-7-11-16(14)22-18(15)19(24(17)21(23)26)13-8-4-3-5-9-13/h3-11,17,19,22H,2,12H2,1H3/t17-,19+/m1/s1. The number of rotatable bonds is 2. The number of nitrogens with one attached hydrogen (secondary N) is 1. The first-order chi connectivity index (χ1) is 12.7. The average Bonchev–Trinajstić information content (AvgIpc) is 3.16. The quantitative estimate of drug-likeness (QED) is 0.709. The van der Waals surface area contributed by atoms with Crippen LogP contribution >= 0.6 is 12.2 Å². The summed E-state index contributed by atoms with van der Waals surface area (Å²) < 4.78 is 0. The number of fused-ring (bicyclic) bond motifs is 4. The van der Waals surface area contributed by atoms with Gasteiger partial charge in [0, 0.05) is 29.6 Å². The molecule has 1 N–H and O–H groups in total. The molecule has 0 unspecified atom stereocenters. The van der Waals surface area contributed by atoms with Crippen molar-refractivity contribution in [3.05, 3.63) is 71.4 Å². The molecule has 0 bridgehead atoms. The lowest BCUT2D eigenvalue weighted by atomic mass is 9.89. The normalized spacial score (nSPS) is 22.0. The Morgan fingerprint density at radius 2 is 1.85 bits per heavy atom. The summed E-state index contributed by atoms with van der Waals surface area (Å²) >= 11 is 5.72. The third-order valence-electron chi connectivity index (χ3n) is 5.57. The van der Waals surface area contributed by atoms with Gasteiger partial charge in [0.15, 0.2) is 5.11 Å². The molecular formula is C21H19N3OS. The van der Waals surface area contributed by atoms with Gasteiger partial charge in [0.05, 0.1) is 6.04 Å². The zero-order chi connectivity index (χ0) is 17.8. The number of H-pyrrole nitrogens is 1. The van der Waals surface area contributed by atoms with Gasteiger partial charge in [-0.1, -0.05) is 48.5 Å². The summed E-state index contributed by atoms with van der Waals surface area (Å²) in [7, 11) is 0. The van der Waals surface area contributed by atoms with E-state index in [0.717, 1.165) is 16.8 Å². The molecular weight excluding hydrogens is 342 g/mol. The molecule has 26 heavy (non-hydrogen) atoms. The summed E-state index contributed by atoms with van der Waals surface area (Å²) in [5, 5.41) is 1.84. The first kappa shape index (κ1) is 15.6. The largest absolute Gasteiger partial charge is 0.356 e. The summed E-state index contributed by atoms with van der Waals surface area (Å²) in [6, 6.07) is 18.4. The predicted octanol–water partition coefficient (Wildman–Crippen LogP) is 3.63. The van der Waals surface area contributed by atoms with Crippen molar-refractivity contribution in [2.45, 2.75) is 25.4 Å². The van der Waals surface area contributed by atoms with Crippen LogP contribution in [-0.4, -0.2) is 38.4 Å². The van der Waals surface area contributed by atoms with E-state index in [9.17, 15) is 4.79 Å². The van der Waals surface area contributed by atoms with Gasteiger partial charge in [0.25, 0.3) is 5.91 Å². The van der Waals surface area contributed by atoms with Gasteiger partial charge in [0.1, 0.15) is 6.04 Å². The van der Waals surface area contributed by atoms with Crippen molar-refractivity contribution in [1.29, 1.82) is 0 Å². The Labute approximate surface area is 157 Å². The van der Waals surface area contributed by atoms with E-state index < -0.39 is 0 Å². The molecule has 1 aromatic heterocycles. The zero-order valence-corrected chi connectivity index (χ0v) is 15.3. The molecule has 2 aliphatic rings. The number of hydrogen-bond donors (Lipinski definition) is 1. The second-order valence-corrected chi connectivity index (χ2v) is 7.23. The number of aromatic amines is 1. The molecule has 0 aliphatic carbocycles. The number of benzene rings is 2. The minimum absolute atomic E-state index is 0.0645. The van der Waals surface area contributed by atoms with E-state index in [4.69, 9.17) is 12.2 Å². The first-order valence-corrected chi connectivity index (χ1v) is 9.39. The molecule has 2 aromatic carbocycles. The summed E-state index contributed by atoms with van der Waals surface area (Å²) in [5.41, 5.74) is 4.66. The predicted molar refractivity (Wildman–Crippen MR) is 106 cm³/mol. The summed E-state index contributed by atoms with van der Waals surface area (Å²) in [4.78, 5) is 20.5. The number of amides is 1. The van der Waals surface area contributed by atoms with Crippen LogP contribution in [0.1, 0.15) is 29.8 Å². The first-order valence-electron chi connectivity index (χ1n) is 8.98. The Morgan fingerprint density at radius 3 is 2.62 bits per heavy atom. The summed E-state index contributed by atoms with van der Waals surface area (Å²) in [6.45, 7) is 2.59. The van der Waals surface area contributed by atoms with E-state index in [-0.39, 0.29) is 18.0 Å². The highest BCUT2D eigenvalue weighted by Crippen LogP contribution is 2.43. The molecule has 1 fully saturated rings. The SMILES string of the molecule is CCN1C(=O)[C@H]2Cc3c([nH]c4ccccc34)[C@H](c3ccccc3)N2C1=S. The maximum atomic E-state index is 13.0. The molecule has 0 radical (unpaired) electrons.